The molecule has 0 spiro atoms. The van der Waals surface area contributed by atoms with Crippen molar-refractivity contribution in [1.82, 2.24) is 0 Å². The molecule has 0 aromatic rings. The summed E-state index contributed by atoms with van der Waals surface area (Å²) in [5.41, 5.74) is 0. The van der Waals surface area contributed by atoms with E-state index in [9.17, 15) is 43.2 Å². The van der Waals surface area contributed by atoms with E-state index in [0.717, 1.165) is 115 Å². The van der Waals surface area contributed by atoms with E-state index in [4.69, 9.17) is 37.0 Å². The van der Waals surface area contributed by atoms with Crippen molar-refractivity contribution >= 4 is 39.5 Å². The van der Waals surface area contributed by atoms with Gasteiger partial charge >= 0.3 is 39.5 Å². The maximum absolute atomic E-state index is 12.9. The summed E-state index contributed by atoms with van der Waals surface area (Å²) in [6, 6.07) is 0. The molecule has 0 saturated carbocycles. The summed E-state index contributed by atoms with van der Waals surface area (Å²) in [7, 11) is -9.87. The molecule has 0 aliphatic heterocycles. The molecular formula is C61H118O17P2. The van der Waals surface area contributed by atoms with Crippen molar-refractivity contribution in [3.63, 3.8) is 0 Å². The number of rotatable bonds is 59. The Kier molecular flexibility index (Phi) is 51.3. The van der Waals surface area contributed by atoms with Crippen LogP contribution in [-0.2, 0) is 65.4 Å². The Bertz CT molecular complexity index is 1600. The summed E-state index contributed by atoms with van der Waals surface area (Å²) in [6.07, 6.45) is 32.7. The average molecular weight is 1190 g/mol. The topological polar surface area (TPSA) is 237 Å². The van der Waals surface area contributed by atoms with Gasteiger partial charge in [0.05, 0.1) is 26.4 Å². The predicted molar refractivity (Wildman–Crippen MR) is 317 cm³/mol. The van der Waals surface area contributed by atoms with Gasteiger partial charge < -0.3 is 33.8 Å². The molecule has 0 aromatic heterocycles. The van der Waals surface area contributed by atoms with Crippen molar-refractivity contribution < 1.29 is 80.2 Å². The Morgan fingerprint density at radius 1 is 0.362 bits per heavy atom. The highest BCUT2D eigenvalue weighted by atomic mass is 31.2. The SMILES string of the molecule is CCCCCCCC(=O)OC[C@H](COP(=O)(O)OC[C@H](O)COP(=O)(O)OC[C@@H](COC(=O)CCCCCCCCC(C)CC)OC(=O)CCCCCCCCCCCCCCCC(C)C)OC(=O)CCCCCCCCC(C)C. The Labute approximate surface area is 486 Å². The predicted octanol–water partition coefficient (Wildman–Crippen LogP) is 16.3. The van der Waals surface area contributed by atoms with Gasteiger partial charge in [0, 0.05) is 25.7 Å². The fourth-order valence-corrected chi connectivity index (χ4v) is 10.5. The number of carbonyl (C=O) groups excluding carboxylic acids is 4. The van der Waals surface area contributed by atoms with Crippen LogP contribution < -0.4 is 0 Å². The van der Waals surface area contributed by atoms with E-state index in [2.05, 4.69) is 48.5 Å². The molecule has 3 N–H and O–H groups in total. The van der Waals surface area contributed by atoms with Crippen molar-refractivity contribution in [1.29, 1.82) is 0 Å². The second-order valence-electron chi connectivity index (χ2n) is 23.3. The first-order valence-corrected chi connectivity index (χ1v) is 34.9. The minimum atomic E-state index is -4.94. The van der Waals surface area contributed by atoms with Gasteiger partial charge in [0.15, 0.2) is 12.2 Å². The largest absolute Gasteiger partial charge is 0.472 e. The molecule has 0 amide bonds. The first kappa shape index (κ1) is 78.1. The third-order valence-electron chi connectivity index (χ3n) is 14.2. The van der Waals surface area contributed by atoms with Crippen molar-refractivity contribution in [3.05, 3.63) is 0 Å². The summed E-state index contributed by atoms with van der Waals surface area (Å²) in [5, 5.41) is 10.5. The molecule has 0 fully saturated rings. The lowest BCUT2D eigenvalue weighted by atomic mass is 10.00. The molecule has 0 rings (SSSR count). The first-order valence-electron chi connectivity index (χ1n) is 31.9. The van der Waals surface area contributed by atoms with Crippen LogP contribution in [0.2, 0.25) is 0 Å². The number of aliphatic hydroxyl groups is 1. The lowest BCUT2D eigenvalue weighted by molar-refractivity contribution is -0.161. The average Bonchev–Trinajstić information content (AvgIpc) is 3.41. The summed E-state index contributed by atoms with van der Waals surface area (Å²) in [4.78, 5) is 71.8. The van der Waals surface area contributed by atoms with Crippen LogP contribution in [0.15, 0.2) is 0 Å². The molecule has 0 aliphatic carbocycles. The minimum Gasteiger partial charge on any atom is -0.462 e. The molecule has 17 nitrogen and oxygen atoms in total. The monoisotopic (exact) mass is 1180 g/mol. The number of aliphatic hydroxyl groups excluding tert-OH is 1. The van der Waals surface area contributed by atoms with E-state index in [1.807, 2.05) is 0 Å². The quantitative estimate of drug-likeness (QED) is 0.0222. The van der Waals surface area contributed by atoms with Crippen LogP contribution in [0.4, 0.5) is 0 Å². The zero-order valence-electron chi connectivity index (χ0n) is 51.5. The molecule has 6 atom stereocenters. The molecule has 0 saturated heterocycles. The van der Waals surface area contributed by atoms with Crippen LogP contribution in [0.5, 0.6) is 0 Å². The van der Waals surface area contributed by atoms with Gasteiger partial charge in [-0.15, -0.1) is 0 Å². The molecular weight excluding hydrogens is 1070 g/mol. The lowest BCUT2D eigenvalue weighted by Gasteiger charge is -2.21. The molecule has 0 aliphatic rings. The number of phosphoric ester groups is 2. The third kappa shape index (κ3) is 54.0. The number of hydrogen-bond donors (Lipinski definition) is 3. The van der Waals surface area contributed by atoms with Gasteiger partial charge in [0.1, 0.15) is 19.3 Å². The summed E-state index contributed by atoms with van der Waals surface area (Å²) in [5.74, 6) is 0.0318. The highest BCUT2D eigenvalue weighted by molar-refractivity contribution is 7.47. The fraction of sp³-hybridized carbons (Fsp3) is 0.934. The number of unbranched alkanes of at least 4 members (excludes halogenated alkanes) is 26. The maximum atomic E-state index is 12.9. The standard InChI is InChI=1S/C61H118O17P2/c1-8-10-11-25-35-42-58(63)71-48-56(78-61(66)45-38-31-23-21-27-33-40-53(5)6)50-75-79(67,68)73-46-55(62)47-74-80(69,70)76-51-57(49-72-59(64)43-36-29-24-22-28-34-41-54(7)9-2)77-60(65)44-37-30-20-18-16-14-12-13-15-17-19-26-32-39-52(3)4/h52-57,62H,8-51H2,1-7H3,(H,67,68)(H,69,70)/t54?,55-,56+,57+/m0/s1. The van der Waals surface area contributed by atoms with Gasteiger partial charge in [-0.3, -0.25) is 37.3 Å². The van der Waals surface area contributed by atoms with Crippen molar-refractivity contribution in [2.24, 2.45) is 17.8 Å². The van der Waals surface area contributed by atoms with Crippen LogP contribution in [0, 0.1) is 17.8 Å². The van der Waals surface area contributed by atoms with Crippen LogP contribution in [0.1, 0.15) is 292 Å². The van der Waals surface area contributed by atoms with Crippen LogP contribution >= 0.6 is 15.6 Å². The van der Waals surface area contributed by atoms with Gasteiger partial charge in [0.2, 0.25) is 0 Å². The Balaban J connectivity index is 5.17. The molecule has 0 heterocycles. The van der Waals surface area contributed by atoms with Crippen molar-refractivity contribution in [3.8, 4) is 0 Å². The van der Waals surface area contributed by atoms with E-state index in [1.54, 1.807) is 0 Å². The zero-order chi connectivity index (χ0) is 59.5. The van der Waals surface area contributed by atoms with E-state index >= 15 is 0 Å². The van der Waals surface area contributed by atoms with Crippen LogP contribution in [0.3, 0.4) is 0 Å². The molecule has 0 radical (unpaired) electrons. The molecule has 3 unspecified atom stereocenters. The zero-order valence-corrected chi connectivity index (χ0v) is 53.3. The molecule has 0 aromatic carbocycles. The number of phosphoric acid groups is 2. The van der Waals surface area contributed by atoms with E-state index in [-0.39, 0.29) is 25.7 Å². The van der Waals surface area contributed by atoms with Gasteiger partial charge in [0.25, 0.3) is 0 Å². The number of hydrogen-bond acceptors (Lipinski definition) is 15. The summed E-state index contributed by atoms with van der Waals surface area (Å²) >= 11 is 0. The summed E-state index contributed by atoms with van der Waals surface area (Å²) < 4.78 is 67.6. The van der Waals surface area contributed by atoms with Gasteiger partial charge in [-0.05, 0) is 43.4 Å². The lowest BCUT2D eigenvalue weighted by Crippen LogP contribution is -2.30. The van der Waals surface area contributed by atoms with Crippen molar-refractivity contribution in [2.75, 3.05) is 39.6 Å². The molecule has 474 valence electrons. The van der Waals surface area contributed by atoms with Gasteiger partial charge in [-0.1, -0.05) is 241 Å². The van der Waals surface area contributed by atoms with E-state index in [1.165, 1.54) is 89.9 Å². The second-order valence-corrected chi connectivity index (χ2v) is 26.2. The number of carbonyl (C=O) groups is 4. The van der Waals surface area contributed by atoms with Crippen molar-refractivity contribution in [2.45, 2.75) is 311 Å². The third-order valence-corrected chi connectivity index (χ3v) is 16.1. The highest BCUT2D eigenvalue weighted by Crippen LogP contribution is 2.45. The Morgan fingerprint density at radius 3 is 0.950 bits per heavy atom. The Hall–Kier alpha value is -1.94. The Morgan fingerprint density at radius 2 is 0.637 bits per heavy atom. The second kappa shape index (κ2) is 52.6. The summed E-state index contributed by atoms with van der Waals surface area (Å²) in [6.45, 7) is 11.6. The van der Waals surface area contributed by atoms with Crippen LogP contribution in [-0.4, -0.2) is 96.7 Å². The highest BCUT2D eigenvalue weighted by Gasteiger charge is 2.30. The fourth-order valence-electron chi connectivity index (χ4n) is 8.92. The number of esters is 4. The first-order chi connectivity index (χ1) is 38.3. The van der Waals surface area contributed by atoms with Gasteiger partial charge in [-0.2, -0.15) is 0 Å². The molecule has 19 heteroatoms. The smallest absolute Gasteiger partial charge is 0.462 e. The molecule has 80 heavy (non-hydrogen) atoms. The van der Waals surface area contributed by atoms with Gasteiger partial charge in [-0.25, -0.2) is 9.13 Å². The maximum Gasteiger partial charge on any atom is 0.472 e. The van der Waals surface area contributed by atoms with E-state index in [0.29, 0.717) is 31.6 Å². The minimum absolute atomic E-state index is 0.101. The van der Waals surface area contributed by atoms with Crippen LogP contribution in [0.25, 0.3) is 0 Å². The normalized spacial score (nSPS) is 14.8. The van der Waals surface area contributed by atoms with E-state index < -0.39 is 97.5 Å². The molecule has 0 bridgehead atoms. The number of ether oxygens (including phenoxy) is 4.